The molecule has 0 heterocycles. The van der Waals surface area contributed by atoms with Crippen LogP contribution in [0.4, 0.5) is 0 Å². The molecule has 0 aromatic heterocycles. The SMILES string of the molecule is Clc1ccc(CSCCOCCSCc2ccc(Cl)cc2Cl)c(Cl)c1. The van der Waals surface area contributed by atoms with Gasteiger partial charge in [0.05, 0.1) is 13.2 Å². The van der Waals surface area contributed by atoms with Crippen LogP contribution in [0, 0.1) is 0 Å². The number of rotatable bonds is 10. The van der Waals surface area contributed by atoms with E-state index in [4.69, 9.17) is 51.1 Å². The van der Waals surface area contributed by atoms with Crippen molar-refractivity contribution in [3.05, 3.63) is 67.6 Å². The monoisotopic (exact) mass is 454 g/mol. The lowest BCUT2D eigenvalue weighted by atomic mass is 10.2. The van der Waals surface area contributed by atoms with Crippen LogP contribution in [0.2, 0.25) is 20.1 Å². The molecule has 0 aliphatic heterocycles. The van der Waals surface area contributed by atoms with Gasteiger partial charge in [-0.05, 0) is 35.4 Å². The standard InChI is InChI=1S/C18H18Cl4OS2/c19-15-3-1-13(17(21)9-15)11-24-7-5-23-6-8-25-12-14-2-4-16(20)10-18(14)22/h1-4,9-10H,5-8,11-12H2. The lowest BCUT2D eigenvalue weighted by Crippen LogP contribution is -2.02. The van der Waals surface area contributed by atoms with Crippen molar-refractivity contribution in [2.75, 3.05) is 24.7 Å². The van der Waals surface area contributed by atoms with Crippen molar-refractivity contribution in [3.63, 3.8) is 0 Å². The summed E-state index contributed by atoms with van der Waals surface area (Å²) >= 11 is 27.7. The van der Waals surface area contributed by atoms with E-state index < -0.39 is 0 Å². The Morgan fingerprint density at radius 1 is 0.680 bits per heavy atom. The van der Waals surface area contributed by atoms with Crippen LogP contribution in [0.25, 0.3) is 0 Å². The molecule has 0 atom stereocenters. The summed E-state index contributed by atoms with van der Waals surface area (Å²) in [4.78, 5) is 0. The van der Waals surface area contributed by atoms with Crippen molar-refractivity contribution >= 4 is 69.9 Å². The van der Waals surface area contributed by atoms with Crippen LogP contribution >= 0.6 is 69.9 Å². The number of halogens is 4. The van der Waals surface area contributed by atoms with Crippen molar-refractivity contribution < 1.29 is 4.74 Å². The zero-order chi connectivity index (χ0) is 18.1. The Kier molecular flexibility index (Phi) is 10.2. The van der Waals surface area contributed by atoms with Gasteiger partial charge in [-0.15, -0.1) is 0 Å². The molecular weight excluding hydrogens is 438 g/mol. The van der Waals surface area contributed by atoms with Crippen LogP contribution in [-0.4, -0.2) is 24.7 Å². The summed E-state index contributed by atoms with van der Waals surface area (Å²) in [6.07, 6.45) is 0. The molecule has 0 saturated carbocycles. The molecule has 2 aromatic carbocycles. The van der Waals surface area contributed by atoms with Crippen LogP contribution in [0.15, 0.2) is 36.4 Å². The largest absolute Gasteiger partial charge is 0.380 e. The van der Waals surface area contributed by atoms with Crippen LogP contribution in [0.5, 0.6) is 0 Å². The number of thioether (sulfide) groups is 2. The quantitative estimate of drug-likeness (QED) is 0.343. The molecule has 0 N–H and O–H groups in total. The minimum atomic E-state index is 0.666. The molecule has 25 heavy (non-hydrogen) atoms. The third kappa shape index (κ3) is 8.21. The van der Waals surface area contributed by atoms with Gasteiger partial charge in [-0.2, -0.15) is 23.5 Å². The summed E-state index contributed by atoms with van der Waals surface area (Å²) in [5.41, 5.74) is 2.21. The van der Waals surface area contributed by atoms with Crippen LogP contribution in [0.3, 0.4) is 0 Å². The molecule has 1 nitrogen and oxygen atoms in total. The van der Waals surface area contributed by atoms with Crippen molar-refractivity contribution in [2.24, 2.45) is 0 Å². The van der Waals surface area contributed by atoms with Crippen molar-refractivity contribution in [1.82, 2.24) is 0 Å². The van der Waals surface area contributed by atoms with E-state index in [2.05, 4.69) is 0 Å². The fraction of sp³-hybridized carbons (Fsp3) is 0.333. The van der Waals surface area contributed by atoms with Crippen molar-refractivity contribution in [2.45, 2.75) is 11.5 Å². The Balaban J connectivity index is 1.51. The van der Waals surface area contributed by atoms with Crippen LogP contribution < -0.4 is 0 Å². The van der Waals surface area contributed by atoms with E-state index in [0.717, 1.165) is 57.4 Å². The molecular formula is C18H18Cl4OS2. The first-order valence-corrected chi connectivity index (χ1v) is 11.5. The maximum atomic E-state index is 6.15. The van der Waals surface area contributed by atoms with Gasteiger partial charge in [0.25, 0.3) is 0 Å². The molecule has 0 bridgehead atoms. The normalized spacial score (nSPS) is 11.0. The van der Waals surface area contributed by atoms with Gasteiger partial charge >= 0.3 is 0 Å². The lowest BCUT2D eigenvalue weighted by molar-refractivity contribution is 0.167. The average Bonchev–Trinajstić information content (AvgIpc) is 2.56. The summed E-state index contributed by atoms with van der Waals surface area (Å²) < 4.78 is 5.66. The zero-order valence-electron chi connectivity index (χ0n) is 13.4. The van der Waals surface area contributed by atoms with Crippen LogP contribution in [-0.2, 0) is 16.2 Å². The van der Waals surface area contributed by atoms with Crippen molar-refractivity contribution in [3.8, 4) is 0 Å². The van der Waals surface area contributed by atoms with E-state index in [9.17, 15) is 0 Å². The topological polar surface area (TPSA) is 9.23 Å². The second-order valence-corrected chi connectivity index (χ2v) is 9.09. The average molecular weight is 456 g/mol. The Labute approximate surface area is 177 Å². The predicted octanol–water partition coefficient (Wildman–Crippen LogP) is 7.48. The minimum Gasteiger partial charge on any atom is -0.380 e. The number of ether oxygens (including phenoxy) is 1. The minimum absolute atomic E-state index is 0.666. The Bertz CT molecular complexity index is 625. The van der Waals surface area contributed by atoms with Crippen molar-refractivity contribution in [1.29, 1.82) is 0 Å². The first-order chi connectivity index (χ1) is 12.1. The van der Waals surface area contributed by atoms with E-state index >= 15 is 0 Å². The maximum absolute atomic E-state index is 6.15. The highest BCUT2D eigenvalue weighted by atomic mass is 35.5. The second-order valence-electron chi connectivity index (χ2n) is 5.19. The fourth-order valence-corrected chi connectivity index (χ4v) is 4.79. The van der Waals surface area contributed by atoms with Gasteiger partial charge in [0.15, 0.2) is 0 Å². The summed E-state index contributed by atoms with van der Waals surface area (Å²) in [5, 5.41) is 2.77. The molecule has 0 spiro atoms. The Hall–Kier alpha value is 0.260. The summed E-state index contributed by atoms with van der Waals surface area (Å²) in [5.74, 6) is 3.60. The molecule has 0 saturated heterocycles. The predicted molar refractivity (Wildman–Crippen MR) is 116 cm³/mol. The van der Waals surface area contributed by atoms with Gasteiger partial charge in [0, 0.05) is 43.1 Å². The van der Waals surface area contributed by atoms with Gasteiger partial charge in [-0.25, -0.2) is 0 Å². The third-order valence-corrected chi connectivity index (χ3v) is 6.40. The van der Waals surface area contributed by atoms with E-state index in [-0.39, 0.29) is 0 Å². The second kappa shape index (κ2) is 11.9. The number of hydrogen-bond donors (Lipinski definition) is 0. The zero-order valence-corrected chi connectivity index (χ0v) is 18.1. The molecule has 0 amide bonds. The highest BCUT2D eigenvalue weighted by molar-refractivity contribution is 7.98. The van der Waals surface area contributed by atoms with Crippen LogP contribution in [0.1, 0.15) is 11.1 Å². The lowest BCUT2D eigenvalue weighted by Gasteiger charge is -2.07. The van der Waals surface area contributed by atoms with Gasteiger partial charge < -0.3 is 4.74 Å². The molecule has 0 aliphatic carbocycles. The molecule has 0 aliphatic rings. The van der Waals surface area contributed by atoms with Gasteiger partial charge in [0.1, 0.15) is 0 Å². The van der Waals surface area contributed by atoms with Gasteiger partial charge in [-0.3, -0.25) is 0 Å². The Morgan fingerprint density at radius 2 is 1.12 bits per heavy atom. The summed E-state index contributed by atoms with van der Waals surface area (Å²) in [6, 6.07) is 11.2. The molecule has 136 valence electrons. The summed E-state index contributed by atoms with van der Waals surface area (Å²) in [7, 11) is 0. The number of benzene rings is 2. The van der Waals surface area contributed by atoms with E-state index in [0.29, 0.717) is 10.0 Å². The fourth-order valence-electron chi connectivity index (χ4n) is 1.98. The molecule has 0 unspecified atom stereocenters. The molecule has 2 rings (SSSR count). The van der Waals surface area contributed by atoms with Gasteiger partial charge in [-0.1, -0.05) is 58.5 Å². The first-order valence-electron chi connectivity index (χ1n) is 7.67. The van der Waals surface area contributed by atoms with Gasteiger partial charge in [0.2, 0.25) is 0 Å². The van der Waals surface area contributed by atoms with E-state index in [1.54, 1.807) is 35.7 Å². The molecule has 0 fully saturated rings. The first kappa shape index (κ1) is 21.6. The third-order valence-electron chi connectivity index (χ3n) is 3.29. The summed E-state index contributed by atoms with van der Waals surface area (Å²) in [6.45, 7) is 1.47. The maximum Gasteiger partial charge on any atom is 0.0557 e. The Morgan fingerprint density at radius 3 is 1.52 bits per heavy atom. The highest BCUT2D eigenvalue weighted by Gasteiger charge is 2.03. The van der Waals surface area contributed by atoms with E-state index in [1.165, 1.54) is 0 Å². The van der Waals surface area contributed by atoms with E-state index in [1.807, 2.05) is 24.3 Å². The molecule has 0 radical (unpaired) electrons. The highest BCUT2D eigenvalue weighted by Crippen LogP contribution is 2.25. The molecule has 2 aromatic rings. The molecule has 7 heteroatoms. The smallest absolute Gasteiger partial charge is 0.0557 e. The number of hydrogen-bond acceptors (Lipinski definition) is 3.